The molecule has 33 heavy (non-hydrogen) atoms. The normalized spacial score (nSPS) is 18.1. The second-order valence-electron chi connectivity index (χ2n) is 7.56. The Morgan fingerprint density at radius 2 is 1.79 bits per heavy atom. The topological polar surface area (TPSA) is 136 Å². The second-order valence-corrected chi connectivity index (χ2v) is 7.56. The maximum Gasteiger partial charge on any atom is 0.316 e. The molecular formula is C22H19N3O8. The Balaban J connectivity index is 1.48. The molecule has 2 aromatic carbocycles. The number of hydrogen-bond acceptors (Lipinski definition) is 8. The van der Waals surface area contributed by atoms with Gasteiger partial charge in [-0.05, 0) is 18.2 Å². The first-order valence-corrected chi connectivity index (χ1v) is 10.1. The lowest BCUT2D eigenvalue weighted by atomic mass is 10.1. The number of nitro groups is 1. The number of rotatable bonds is 6. The average Bonchev–Trinajstić information content (AvgIpc) is 3.35. The van der Waals surface area contributed by atoms with Gasteiger partial charge in [0.1, 0.15) is 11.5 Å². The molecule has 4 rings (SSSR count). The first-order chi connectivity index (χ1) is 15.8. The van der Waals surface area contributed by atoms with Gasteiger partial charge in [0.15, 0.2) is 0 Å². The van der Waals surface area contributed by atoms with Crippen LogP contribution in [0.25, 0.3) is 0 Å². The van der Waals surface area contributed by atoms with Crippen molar-refractivity contribution in [1.82, 2.24) is 0 Å². The summed E-state index contributed by atoms with van der Waals surface area (Å²) in [4.78, 5) is 62.0. The smallest absolute Gasteiger partial charge is 0.316 e. The summed E-state index contributed by atoms with van der Waals surface area (Å²) in [6.07, 6.45) is 0.158. The Morgan fingerprint density at radius 3 is 2.45 bits per heavy atom. The van der Waals surface area contributed by atoms with Crippen LogP contribution in [-0.4, -0.2) is 42.3 Å². The van der Waals surface area contributed by atoms with Gasteiger partial charge in [-0.15, -0.1) is 0 Å². The minimum atomic E-state index is -0.781. The molecule has 0 spiro atoms. The molecule has 2 aromatic rings. The molecule has 2 fully saturated rings. The van der Waals surface area contributed by atoms with Gasteiger partial charge >= 0.3 is 5.97 Å². The number of benzene rings is 2. The first kappa shape index (κ1) is 21.9. The predicted octanol–water partition coefficient (Wildman–Crippen LogP) is 2.22. The van der Waals surface area contributed by atoms with Gasteiger partial charge in [-0.2, -0.15) is 0 Å². The quantitative estimate of drug-likeness (QED) is 0.213. The van der Waals surface area contributed by atoms with E-state index in [1.54, 1.807) is 12.1 Å². The number of ether oxygens (including phenoxy) is 2. The van der Waals surface area contributed by atoms with Gasteiger partial charge in [0.05, 0.1) is 35.4 Å². The number of non-ortho nitro benzene ring substituents is 1. The summed E-state index contributed by atoms with van der Waals surface area (Å²) in [5.74, 6) is -2.15. The van der Waals surface area contributed by atoms with Crippen molar-refractivity contribution in [3.63, 3.8) is 0 Å². The summed E-state index contributed by atoms with van der Waals surface area (Å²) < 4.78 is 10.6. The third kappa shape index (κ3) is 4.25. The number of methoxy groups -OCH3 is 1. The summed E-state index contributed by atoms with van der Waals surface area (Å²) in [5, 5.41) is 11.0. The zero-order valence-electron chi connectivity index (χ0n) is 17.6. The Hall–Kier alpha value is -4.28. The fraction of sp³-hybridized carbons (Fsp3) is 0.273. The van der Waals surface area contributed by atoms with Crippen molar-refractivity contribution in [2.75, 3.05) is 23.5 Å². The molecule has 0 aromatic heterocycles. The van der Waals surface area contributed by atoms with E-state index in [0.717, 1.165) is 4.90 Å². The lowest BCUT2D eigenvalue weighted by Gasteiger charge is -2.19. The van der Waals surface area contributed by atoms with Crippen molar-refractivity contribution < 1.29 is 33.6 Å². The lowest BCUT2D eigenvalue weighted by Crippen LogP contribution is -2.29. The molecule has 2 heterocycles. The summed E-state index contributed by atoms with van der Waals surface area (Å²) >= 11 is 0. The number of nitrogens with zero attached hydrogens (tertiary/aromatic N) is 3. The predicted molar refractivity (Wildman–Crippen MR) is 114 cm³/mol. The zero-order valence-corrected chi connectivity index (χ0v) is 17.6. The molecule has 0 bridgehead atoms. The van der Waals surface area contributed by atoms with E-state index in [9.17, 15) is 29.3 Å². The van der Waals surface area contributed by atoms with Crippen molar-refractivity contribution in [1.29, 1.82) is 0 Å². The van der Waals surface area contributed by atoms with Crippen LogP contribution in [0.3, 0.4) is 0 Å². The monoisotopic (exact) mass is 453 g/mol. The standard InChI is InChI=1S/C22H19N3O8/c1-32-18-11-15(25(30)31)5-6-17(18)23-12-13(9-21(23)28)22(29)33-16-4-2-3-14(10-16)24-19(26)7-8-20(24)27/h2-6,10-11,13H,7-9,12H2,1H3/t13-/m1/s1. The number of hydrogen-bond donors (Lipinski definition) is 0. The fourth-order valence-corrected chi connectivity index (χ4v) is 3.85. The third-order valence-corrected chi connectivity index (χ3v) is 5.47. The summed E-state index contributed by atoms with van der Waals surface area (Å²) in [6, 6.07) is 9.93. The third-order valence-electron chi connectivity index (χ3n) is 5.47. The van der Waals surface area contributed by atoms with E-state index in [1.807, 2.05) is 0 Å². The van der Waals surface area contributed by atoms with Crippen molar-refractivity contribution >= 4 is 40.8 Å². The van der Waals surface area contributed by atoms with E-state index < -0.39 is 16.8 Å². The van der Waals surface area contributed by atoms with Crippen LogP contribution in [0.5, 0.6) is 11.5 Å². The van der Waals surface area contributed by atoms with Gasteiger partial charge in [-0.1, -0.05) is 6.07 Å². The molecule has 11 nitrogen and oxygen atoms in total. The van der Waals surface area contributed by atoms with Gasteiger partial charge in [0.25, 0.3) is 5.69 Å². The molecular weight excluding hydrogens is 434 g/mol. The average molecular weight is 453 g/mol. The maximum absolute atomic E-state index is 12.7. The van der Waals surface area contributed by atoms with Gasteiger partial charge < -0.3 is 14.4 Å². The van der Waals surface area contributed by atoms with E-state index in [4.69, 9.17) is 9.47 Å². The molecule has 3 amide bonds. The number of carbonyl (C=O) groups excluding carboxylic acids is 4. The molecule has 0 N–H and O–H groups in total. The molecule has 0 saturated carbocycles. The van der Waals surface area contributed by atoms with Gasteiger partial charge in [0.2, 0.25) is 17.7 Å². The van der Waals surface area contributed by atoms with Crippen molar-refractivity contribution in [3.05, 3.63) is 52.6 Å². The van der Waals surface area contributed by atoms with Crippen molar-refractivity contribution in [2.45, 2.75) is 19.3 Å². The van der Waals surface area contributed by atoms with Crippen molar-refractivity contribution in [2.24, 2.45) is 5.92 Å². The zero-order chi connectivity index (χ0) is 23.7. The highest BCUT2D eigenvalue weighted by atomic mass is 16.6. The molecule has 170 valence electrons. The first-order valence-electron chi connectivity index (χ1n) is 10.1. The van der Waals surface area contributed by atoms with E-state index >= 15 is 0 Å². The molecule has 0 radical (unpaired) electrons. The highest BCUT2D eigenvalue weighted by Crippen LogP contribution is 2.36. The number of anilines is 2. The second kappa shape index (κ2) is 8.69. The van der Waals surface area contributed by atoms with Crippen LogP contribution in [0, 0.1) is 16.0 Å². The molecule has 2 aliphatic heterocycles. The molecule has 11 heteroatoms. The van der Waals surface area contributed by atoms with Crippen LogP contribution < -0.4 is 19.3 Å². The van der Waals surface area contributed by atoms with Gasteiger partial charge in [-0.25, -0.2) is 0 Å². The van der Waals surface area contributed by atoms with Gasteiger partial charge in [-0.3, -0.25) is 34.2 Å². The van der Waals surface area contributed by atoms with E-state index in [1.165, 1.54) is 42.3 Å². The summed E-state index contributed by atoms with van der Waals surface area (Å²) in [7, 11) is 1.33. The Labute approximate surface area is 187 Å². The summed E-state index contributed by atoms with van der Waals surface area (Å²) in [6.45, 7) is 0.00856. The largest absolute Gasteiger partial charge is 0.494 e. The highest BCUT2D eigenvalue weighted by Gasteiger charge is 2.38. The van der Waals surface area contributed by atoms with E-state index in [-0.39, 0.29) is 60.7 Å². The minimum absolute atomic E-state index is 0.00856. The van der Waals surface area contributed by atoms with Crippen LogP contribution >= 0.6 is 0 Å². The number of carbonyl (C=O) groups is 4. The van der Waals surface area contributed by atoms with Crippen LogP contribution in [0.4, 0.5) is 17.1 Å². The van der Waals surface area contributed by atoms with Crippen LogP contribution in [0.2, 0.25) is 0 Å². The lowest BCUT2D eigenvalue weighted by molar-refractivity contribution is -0.384. The van der Waals surface area contributed by atoms with Crippen LogP contribution in [0.15, 0.2) is 42.5 Å². The number of esters is 1. The van der Waals surface area contributed by atoms with Crippen molar-refractivity contribution in [3.8, 4) is 11.5 Å². The van der Waals surface area contributed by atoms with Gasteiger partial charge in [0, 0.05) is 37.9 Å². The maximum atomic E-state index is 12.7. The Kier molecular flexibility index (Phi) is 5.78. The SMILES string of the molecule is COc1cc([N+](=O)[O-])ccc1N1C[C@H](C(=O)Oc2cccc(N3C(=O)CCC3=O)c2)CC1=O. The van der Waals surface area contributed by atoms with E-state index in [2.05, 4.69) is 0 Å². The van der Waals surface area contributed by atoms with Crippen LogP contribution in [-0.2, 0) is 19.2 Å². The minimum Gasteiger partial charge on any atom is -0.494 e. The molecule has 0 aliphatic carbocycles. The molecule has 0 unspecified atom stereocenters. The number of amides is 3. The fourth-order valence-electron chi connectivity index (χ4n) is 3.85. The molecule has 2 saturated heterocycles. The highest BCUT2D eigenvalue weighted by molar-refractivity contribution is 6.19. The van der Waals surface area contributed by atoms with E-state index in [0.29, 0.717) is 11.4 Å². The molecule has 2 aliphatic rings. The number of imide groups is 1. The summed E-state index contributed by atoms with van der Waals surface area (Å²) in [5.41, 5.74) is 0.442. The van der Waals surface area contributed by atoms with Crippen LogP contribution in [0.1, 0.15) is 19.3 Å². The number of nitro benzene ring substituents is 1. The Morgan fingerprint density at radius 1 is 1.06 bits per heavy atom. The Bertz CT molecular complexity index is 1160. The molecule has 1 atom stereocenters.